The molecule has 0 aliphatic heterocycles. The van der Waals surface area contributed by atoms with Gasteiger partial charge in [0.25, 0.3) is 0 Å². The predicted octanol–water partition coefficient (Wildman–Crippen LogP) is 3.04. The van der Waals surface area contributed by atoms with Crippen LogP contribution in [0, 0.1) is 6.92 Å². The maximum atomic E-state index is 12.1. The summed E-state index contributed by atoms with van der Waals surface area (Å²) in [5, 5.41) is 0. The molecule has 0 radical (unpaired) electrons. The standard InChI is InChI=1S/C16H19ClN2O3S2/c1-12-4-3-5-14(10-12)11-19(13(2)20)9-8-18-24(21,22)16-7-6-15(17)23-16/h3-7,10,18H,8-9,11H2,1-2H3. The molecule has 0 saturated heterocycles. The van der Waals surface area contributed by atoms with Gasteiger partial charge in [0.1, 0.15) is 4.21 Å². The summed E-state index contributed by atoms with van der Waals surface area (Å²) in [6.45, 7) is 4.35. The molecule has 0 fully saturated rings. The van der Waals surface area contributed by atoms with Gasteiger partial charge >= 0.3 is 0 Å². The van der Waals surface area contributed by atoms with E-state index in [4.69, 9.17) is 11.6 Å². The molecule has 1 heterocycles. The Bertz CT molecular complexity index is 818. The summed E-state index contributed by atoms with van der Waals surface area (Å²) in [5.41, 5.74) is 2.13. The molecule has 0 spiro atoms. The predicted molar refractivity (Wildman–Crippen MR) is 96.8 cm³/mol. The number of hydrogen-bond donors (Lipinski definition) is 1. The topological polar surface area (TPSA) is 66.5 Å². The summed E-state index contributed by atoms with van der Waals surface area (Å²) in [4.78, 5) is 13.4. The van der Waals surface area contributed by atoms with Crippen molar-refractivity contribution in [2.24, 2.45) is 0 Å². The van der Waals surface area contributed by atoms with Gasteiger partial charge in [0.05, 0.1) is 4.34 Å². The Hall–Kier alpha value is -1.41. The number of rotatable bonds is 7. The molecular formula is C16H19ClN2O3S2. The Balaban J connectivity index is 1.95. The van der Waals surface area contributed by atoms with E-state index in [9.17, 15) is 13.2 Å². The molecule has 130 valence electrons. The van der Waals surface area contributed by atoms with Crippen LogP contribution in [0.15, 0.2) is 40.6 Å². The number of carbonyl (C=O) groups excluding carboxylic acids is 1. The molecular weight excluding hydrogens is 368 g/mol. The molecule has 0 atom stereocenters. The highest BCUT2D eigenvalue weighted by Crippen LogP contribution is 2.25. The van der Waals surface area contributed by atoms with Crippen molar-refractivity contribution < 1.29 is 13.2 Å². The van der Waals surface area contributed by atoms with Crippen LogP contribution in [-0.4, -0.2) is 32.3 Å². The maximum Gasteiger partial charge on any atom is 0.250 e. The van der Waals surface area contributed by atoms with Gasteiger partial charge in [-0.3, -0.25) is 4.79 Å². The molecule has 1 aromatic carbocycles. The molecule has 1 N–H and O–H groups in total. The van der Waals surface area contributed by atoms with Crippen LogP contribution >= 0.6 is 22.9 Å². The van der Waals surface area contributed by atoms with Crippen LogP contribution in [0.2, 0.25) is 4.34 Å². The first-order valence-electron chi connectivity index (χ1n) is 7.34. The number of benzene rings is 1. The number of halogens is 1. The summed E-state index contributed by atoms with van der Waals surface area (Å²) in [6, 6.07) is 10.9. The van der Waals surface area contributed by atoms with E-state index in [1.54, 1.807) is 11.0 Å². The summed E-state index contributed by atoms with van der Waals surface area (Å²) < 4.78 is 27.4. The molecule has 1 amide bonds. The van der Waals surface area contributed by atoms with Crippen LogP contribution in [0.4, 0.5) is 0 Å². The zero-order valence-corrected chi connectivity index (χ0v) is 15.8. The minimum atomic E-state index is -3.59. The third kappa shape index (κ3) is 5.31. The van der Waals surface area contributed by atoms with Crippen LogP contribution in [0.3, 0.4) is 0 Å². The number of aryl methyl sites for hydroxylation is 1. The van der Waals surface area contributed by atoms with Crippen molar-refractivity contribution in [2.45, 2.75) is 24.6 Å². The van der Waals surface area contributed by atoms with Gasteiger partial charge in [-0.2, -0.15) is 0 Å². The number of nitrogens with zero attached hydrogens (tertiary/aromatic N) is 1. The van der Waals surface area contributed by atoms with E-state index in [0.717, 1.165) is 22.5 Å². The molecule has 5 nitrogen and oxygen atoms in total. The van der Waals surface area contributed by atoms with Crippen LogP contribution in [-0.2, 0) is 21.4 Å². The van der Waals surface area contributed by atoms with E-state index in [-0.39, 0.29) is 16.7 Å². The highest BCUT2D eigenvalue weighted by Gasteiger charge is 2.17. The van der Waals surface area contributed by atoms with Gasteiger partial charge in [-0.05, 0) is 24.6 Å². The Kier molecular flexibility index (Phi) is 6.40. The Labute approximate surface area is 151 Å². The Morgan fingerprint density at radius 3 is 2.62 bits per heavy atom. The van der Waals surface area contributed by atoms with Gasteiger partial charge in [0, 0.05) is 26.6 Å². The third-order valence-electron chi connectivity index (χ3n) is 3.39. The first-order valence-corrected chi connectivity index (χ1v) is 10.0. The molecule has 2 rings (SSSR count). The van der Waals surface area contributed by atoms with Gasteiger partial charge in [-0.25, -0.2) is 13.1 Å². The Morgan fingerprint density at radius 2 is 2.04 bits per heavy atom. The molecule has 0 aliphatic carbocycles. The van der Waals surface area contributed by atoms with Crippen molar-refractivity contribution in [3.05, 3.63) is 51.9 Å². The normalized spacial score (nSPS) is 11.5. The van der Waals surface area contributed by atoms with Crippen LogP contribution in [0.25, 0.3) is 0 Å². The van der Waals surface area contributed by atoms with E-state index in [1.807, 2.05) is 31.2 Å². The van der Waals surface area contributed by atoms with E-state index >= 15 is 0 Å². The van der Waals surface area contributed by atoms with Crippen molar-refractivity contribution in [1.29, 1.82) is 0 Å². The average molecular weight is 387 g/mol. The second-order valence-electron chi connectivity index (χ2n) is 5.39. The number of sulfonamides is 1. The lowest BCUT2D eigenvalue weighted by Crippen LogP contribution is -2.37. The SMILES string of the molecule is CC(=O)N(CCNS(=O)(=O)c1ccc(Cl)s1)Cc1cccc(C)c1. The molecule has 0 unspecified atom stereocenters. The second-order valence-corrected chi connectivity index (χ2v) is 9.09. The number of amides is 1. The Morgan fingerprint density at radius 1 is 1.29 bits per heavy atom. The first kappa shape index (κ1) is 18.9. The minimum absolute atomic E-state index is 0.102. The fourth-order valence-corrected chi connectivity index (χ4v) is 4.76. The van der Waals surface area contributed by atoms with Crippen molar-refractivity contribution >= 4 is 38.9 Å². The van der Waals surface area contributed by atoms with Crippen molar-refractivity contribution in [2.75, 3.05) is 13.1 Å². The van der Waals surface area contributed by atoms with E-state index in [2.05, 4.69) is 4.72 Å². The molecule has 2 aromatic rings. The van der Waals surface area contributed by atoms with Gasteiger partial charge in [0.2, 0.25) is 15.9 Å². The summed E-state index contributed by atoms with van der Waals surface area (Å²) in [7, 11) is -3.59. The van der Waals surface area contributed by atoms with Crippen LogP contribution in [0.5, 0.6) is 0 Å². The maximum absolute atomic E-state index is 12.1. The van der Waals surface area contributed by atoms with Gasteiger partial charge < -0.3 is 4.90 Å². The monoisotopic (exact) mass is 386 g/mol. The van der Waals surface area contributed by atoms with Crippen LogP contribution < -0.4 is 4.72 Å². The minimum Gasteiger partial charge on any atom is -0.337 e. The fraction of sp³-hybridized carbons (Fsp3) is 0.312. The molecule has 8 heteroatoms. The summed E-state index contributed by atoms with van der Waals surface area (Å²) >= 11 is 6.77. The molecule has 0 aliphatic rings. The highest BCUT2D eigenvalue weighted by atomic mass is 35.5. The lowest BCUT2D eigenvalue weighted by molar-refractivity contribution is -0.129. The number of carbonyl (C=O) groups is 1. The van der Waals surface area contributed by atoms with E-state index in [1.165, 1.54) is 13.0 Å². The first-order chi connectivity index (χ1) is 11.3. The van der Waals surface area contributed by atoms with Crippen molar-refractivity contribution in [3.8, 4) is 0 Å². The van der Waals surface area contributed by atoms with Crippen molar-refractivity contribution in [1.82, 2.24) is 9.62 Å². The average Bonchev–Trinajstić information content (AvgIpc) is 2.93. The van der Waals surface area contributed by atoms with E-state index in [0.29, 0.717) is 17.4 Å². The van der Waals surface area contributed by atoms with Crippen molar-refractivity contribution in [3.63, 3.8) is 0 Å². The summed E-state index contributed by atoms with van der Waals surface area (Å²) in [6.07, 6.45) is 0. The second kappa shape index (κ2) is 8.11. The van der Waals surface area contributed by atoms with Crippen LogP contribution in [0.1, 0.15) is 18.1 Å². The highest BCUT2D eigenvalue weighted by molar-refractivity contribution is 7.91. The van der Waals surface area contributed by atoms with E-state index < -0.39 is 10.0 Å². The van der Waals surface area contributed by atoms with Gasteiger partial charge in [-0.15, -0.1) is 11.3 Å². The van der Waals surface area contributed by atoms with Gasteiger partial charge in [0.15, 0.2) is 0 Å². The number of hydrogen-bond acceptors (Lipinski definition) is 4. The number of thiophene rings is 1. The third-order valence-corrected chi connectivity index (χ3v) is 6.57. The lowest BCUT2D eigenvalue weighted by Gasteiger charge is -2.21. The zero-order valence-electron chi connectivity index (χ0n) is 13.5. The number of nitrogens with one attached hydrogen (secondary N) is 1. The molecule has 1 aromatic heterocycles. The quantitative estimate of drug-likeness (QED) is 0.795. The molecule has 0 bridgehead atoms. The largest absolute Gasteiger partial charge is 0.337 e. The van der Waals surface area contributed by atoms with Gasteiger partial charge in [-0.1, -0.05) is 41.4 Å². The molecule has 24 heavy (non-hydrogen) atoms. The zero-order chi connectivity index (χ0) is 17.7. The summed E-state index contributed by atoms with van der Waals surface area (Å²) in [5.74, 6) is -0.102. The lowest BCUT2D eigenvalue weighted by atomic mass is 10.1. The molecule has 0 saturated carbocycles. The fourth-order valence-electron chi connectivity index (χ4n) is 2.21. The smallest absolute Gasteiger partial charge is 0.250 e.